The first-order chi connectivity index (χ1) is 16.1. The van der Waals surface area contributed by atoms with Gasteiger partial charge < -0.3 is 9.97 Å². The van der Waals surface area contributed by atoms with Gasteiger partial charge in [0.05, 0.1) is 17.1 Å². The van der Waals surface area contributed by atoms with Crippen molar-refractivity contribution >= 4 is 54.5 Å². The zero-order valence-corrected chi connectivity index (χ0v) is 18.0. The van der Waals surface area contributed by atoms with Crippen LogP contribution in [0.4, 0.5) is 0 Å². The molecule has 3 aromatic heterocycles. The van der Waals surface area contributed by atoms with Crippen LogP contribution in [0.5, 0.6) is 0 Å². The third kappa shape index (κ3) is 2.69. The Morgan fingerprint density at radius 3 is 2.09 bits per heavy atom. The molecule has 3 aliphatic heterocycles. The van der Waals surface area contributed by atoms with Crippen LogP contribution < -0.4 is 0 Å². The van der Waals surface area contributed by atoms with Crippen LogP contribution in [0.1, 0.15) is 28.3 Å². The summed E-state index contributed by atoms with van der Waals surface area (Å²) in [6.07, 6.45) is 3.57. The van der Waals surface area contributed by atoms with Crippen molar-refractivity contribution in [3.05, 3.63) is 101 Å². The molecule has 4 aromatic rings. The van der Waals surface area contributed by atoms with Crippen LogP contribution in [0.2, 0.25) is 0 Å². The SMILES string of the molecule is O=S1(=O)C2=C(c3ccccc3)c3cc4ccc(cc5ccc(cc6nc(c1c2n3)C=C6)[nH]5)[nH]4. The van der Waals surface area contributed by atoms with Crippen LogP contribution in [0.25, 0.3) is 44.7 Å². The molecule has 0 amide bonds. The maximum atomic E-state index is 13.5. The molecule has 0 saturated carbocycles. The zero-order valence-electron chi connectivity index (χ0n) is 17.2. The molecule has 33 heavy (non-hydrogen) atoms. The molecule has 0 unspecified atom stereocenters. The Morgan fingerprint density at radius 1 is 0.697 bits per heavy atom. The van der Waals surface area contributed by atoms with E-state index >= 15 is 0 Å². The molecule has 7 heteroatoms. The largest absolute Gasteiger partial charge is 0.355 e. The number of H-pyrrole nitrogens is 2. The zero-order chi connectivity index (χ0) is 22.2. The minimum Gasteiger partial charge on any atom is -0.355 e. The minimum atomic E-state index is -3.68. The van der Waals surface area contributed by atoms with Crippen LogP contribution in [0, 0.1) is 0 Å². The van der Waals surface area contributed by atoms with Crippen LogP contribution in [0.15, 0.2) is 77.7 Å². The van der Waals surface area contributed by atoms with Crippen LogP contribution in [-0.4, -0.2) is 28.4 Å². The molecule has 6 heterocycles. The molecule has 2 N–H and O–H groups in total. The van der Waals surface area contributed by atoms with Crippen molar-refractivity contribution in [1.82, 2.24) is 19.9 Å². The van der Waals surface area contributed by atoms with E-state index in [1.807, 2.05) is 78.9 Å². The van der Waals surface area contributed by atoms with Crippen molar-refractivity contribution in [2.24, 2.45) is 0 Å². The van der Waals surface area contributed by atoms with Crippen molar-refractivity contribution in [3.63, 3.8) is 0 Å². The number of sulfone groups is 1. The van der Waals surface area contributed by atoms with Gasteiger partial charge in [-0.05, 0) is 60.2 Å². The van der Waals surface area contributed by atoms with Gasteiger partial charge in [0.25, 0.3) is 0 Å². The second-order valence-corrected chi connectivity index (χ2v) is 10.00. The predicted molar refractivity (Wildman–Crippen MR) is 129 cm³/mol. The van der Waals surface area contributed by atoms with Crippen molar-refractivity contribution in [2.75, 3.05) is 0 Å². The van der Waals surface area contributed by atoms with E-state index in [0.29, 0.717) is 28.3 Å². The summed E-state index contributed by atoms with van der Waals surface area (Å²) >= 11 is 0. The molecule has 7 rings (SSSR count). The van der Waals surface area contributed by atoms with Gasteiger partial charge in [-0.2, -0.15) is 0 Å². The van der Waals surface area contributed by atoms with Gasteiger partial charge in [-0.15, -0.1) is 0 Å². The Morgan fingerprint density at radius 2 is 1.36 bits per heavy atom. The van der Waals surface area contributed by atoms with E-state index in [0.717, 1.165) is 27.6 Å². The van der Waals surface area contributed by atoms with E-state index in [4.69, 9.17) is 4.98 Å². The molecule has 0 aliphatic carbocycles. The summed E-state index contributed by atoms with van der Waals surface area (Å²) in [6.45, 7) is 0. The number of nitrogens with one attached hydrogen (secondary N) is 2. The van der Waals surface area contributed by atoms with Crippen molar-refractivity contribution < 1.29 is 8.42 Å². The Kier molecular flexibility index (Phi) is 3.56. The molecule has 8 bridgehead atoms. The summed E-state index contributed by atoms with van der Waals surface area (Å²) in [7, 11) is -3.68. The molecule has 0 fully saturated rings. The Hall–Kier alpha value is -4.23. The summed E-state index contributed by atoms with van der Waals surface area (Å²) in [5.41, 5.74) is 7.27. The average Bonchev–Trinajstić information content (AvgIpc) is 3.58. The van der Waals surface area contributed by atoms with E-state index in [9.17, 15) is 8.42 Å². The highest BCUT2D eigenvalue weighted by molar-refractivity contribution is 8.03. The van der Waals surface area contributed by atoms with Gasteiger partial charge in [-0.1, -0.05) is 30.3 Å². The molecule has 3 aliphatic rings. The predicted octanol–water partition coefficient (Wildman–Crippen LogP) is 5.19. The van der Waals surface area contributed by atoms with Crippen LogP contribution in [-0.2, 0) is 9.84 Å². The average molecular weight is 449 g/mol. The highest BCUT2D eigenvalue weighted by Crippen LogP contribution is 2.51. The lowest BCUT2D eigenvalue weighted by atomic mass is 10.0. The number of aromatic nitrogens is 4. The summed E-state index contributed by atoms with van der Waals surface area (Å²) in [5.74, 6) is 0. The van der Waals surface area contributed by atoms with Crippen molar-refractivity contribution in [2.45, 2.75) is 4.90 Å². The second kappa shape index (κ2) is 6.40. The fraction of sp³-hybridized carbons (Fsp3) is 0. The first-order valence-corrected chi connectivity index (χ1v) is 12.0. The van der Waals surface area contributed by atoms with Gasteiger partial charge in [0.15, 0.2) is 0 Å². The standard InChI is InChI=1S/C26H16N4O2S/c31-33(32)25-21-11-10-19(29-21)13-18-7-6-16(27-18)12-17-8-9-20(28-17)14-22-23(26(33)24(25)30-22)15-4-2-1-3-5-15/h1-14,27-28H. The highest BCUT2D eigenvalue weighted by Gasteiger charge is 2.47. The number of rotatable bonds is 1. The van der Waals surface area contributed by atoms with Crippen LogP contribution >= 0.6 is 0 Å². The molecule has 0 spiro atoms. The quantitative estimate of drug-likeness (QED) is 0.369. The minimum absolute atomic E-state index is 0.189. The summed E-state index contributed by atoms with van der Waals surface area (Å²) < 4.78 is 27.0. The van der Waals surface area contributed by atoms with Gasteiger partial charge in [-0.3, -0.25) is 0 Å². The van der Waals surface area contributed by atoms with E-state index < -0.39 is 9.84 Å². The van der Waals surface area contributed by atoms with Crippen LogP contribution in [0.3, 0.4) is 0 Å². The Labute approximate surface area is 188 Å². The fourth-order valence-electron chi connectivity index (χ4n) is 4.56. The molecular weight excluding hydrogens is 432 g/mol. The number of benzene rings is 1. The monoisotopic (exact) mass is 448 g/mol. The fourth-order valence-corrected chi connectivity index (χ4v) is 6.30. The normalized spacial score (nSPS) is 15.5. The summed E-state index contributed by atoms with van der Waals surface area (Å²) in [4.78, 5) is 16.6. The molecule has 6 nitrogen and oxygen atoms in total. The number of aromatic amines is 2. The topological polar surface area (TPSA) is 91.5 Å². The van der Waals surface area contributed by atoms with E-state index in [1.165, 1.54) is 0 Å². The molecule has 0 atom stereocenters. The third-order valence-electron chi connectivity index (χ3n) is 6.01. The second-order valence-electron chi connectivity index (χ2n) is 8.17. The van der Waals surface area contributed by atoms with Crippen molar-refractivity contribution in [1.29, 1.82) is 0 Å². The Bertz CT molecular complexity index is 1820. The smallest absolute Gasteiger partial charge is 0.213 e. The molecule has 1 aromatic carbocycles. The Balaban J connectivity index is 1.64. The lowest BCUT2D eigenvalue weighted by Gasteiger charge is -2.19. The third-order valence-corrected chi connectivity index (χ3v) is 7.88. The first-order valence-electron chi connectivity index (χ1n) is 10.5. The molecule has 0 saturated heterocycles. The lowest BCUT2D eigenvalue weighted by molar-refractivity contribution is 0.601. The molecule has 158 valence electrons. The van der Waals surface area contributed by atoms with Gasteiger partial charge in [-0.25, -0.2) is 18.4 Å². The highest BCUT2D eigenvalue weighted by atomic mass is 32.2. The first kappa shape index (κ1) is 18.4. The maximum absolute atomic E-state index is 13.5. The number of hydrogen-bond acceptors (Lipinski definition) is 4. The van der Waals surface area contributed by atoms with Gasteiger partial charge >= 0.3 is 0 Å². The maximum Gasteiger partial charge on any atom is 0.213 e. The van der Waals surface area contributed by atoms with E-state index in [1.54, 1.807) is 6.08 Å². The summed E-state index contributed by atoms with van der Waals surface area (Å²) in [5, 5.41) is 0. The molecular formula is C26H16N4O2S. The lowest BCUT2D eigenvalue weighted by Crippen LogP contribution is -2.19. The number of nitrogens with zero attached hydrogens (tertiary/aromatic N) is 2. The summed E-state index contributed by atoms with van der Waals surface area (Å²) in [6, 6.07) is 23.3. The number of fused-ring (bicyclic) bond motifs is 8. The van der Waals surface area contributed by atoms with E-state index in [2.05, 4.69) is 15.0 Å². The van der Waals surface area contributed by atoms with Gasteiger partial charge in [0.1, 0.15) is 15.5 Å². The van der Waals surface area contributed by atoms with Crippen molar-refractivity contribution in [3.8, 4) is 0 Å². The molecule has 0 radical (unpaired) electrons. The number of hydrogen-bond donors (Lipinski definition) is 2. The van der Waals surface area contributed by atoms with E-state index in [-0.39, 0.29) is 9.80 Å². The van der Waals surface area contributed by atoms with Gasteiger partial charge in [0.2, 0.25) is 9.84 Å². The van der Waals surface area contributed by atoms with Gasteiger partial charge in [0, 0.05) is 27.6 Å².